The van der Waals surface area contributed by atoms with Gasteiger partial charge in [0.2, 0.25) is 5.78 Å². The topological polar surface area (TPSA) is 43.1 Å². The lowest BCUT2D eigenvalue weighted by Gasteiger charge is -2.14. The molecule has 0 N–H and O–H groups in total. The molecule has 0 fully saturated rings. The molecule has 0 radical (unpaired) electrons. The van der Waals surface area contributed by atoms with Gasteiger partial charge in [-0.15, -0.1) is 0 Å². The second kappa shape index (κ2) is 2.98. The number of nitrogens with zero attached hydrogens (tertiary/aromatic N) is 1. The smallest absolute Gasteiger partial charge is 0.205 e. The highest BCUT2D eigenvalue weighted by molar-refractivity contribution is 5.98. The van der Waals surface area contributed by atoms with Crippen LogP contribution in [0.25, 0.3) is 0 Å². The molecular formula is C10H15NO2. The third kappa shape index (κ3) is 1.97. The molecule has 0 aliphatic carbocycles. The first-order valence-electron chi connectivity index (χ1n) is 4.31. The normalized spacial score (nSPS) is 11.8. The first kappa shape index (κ1) is 9.96. The highest BCUT2D eigenvalue weighted by atomic mass is 16.4. The number of hydrogen-bond acceptors (Lipinski definition) is 3. The van der Waals surface area contributed by atoms with E-state index in [0.717, 1.165) is 0 Å². The number of hydrogen-bond donors (Lipinski definition) is 0. The maximum Gasteiger partial charge on any atom is 0.205 e. The van der Waals surface area contributed by atoms with Crippen LogP contribution in [-0.4, -0.2) is 10.8 Å². The minimum Gasteiger partial charge on any atom is -0.438 e. The van der Waals surface area contributed by atoms with Gasteiger partial charge in [-0.25, -0.2) is 4.98 Å². The summed E-state index contributed by atoms with van der Waals surface area (Å²) in [6.45, 7) is 9.13. The van der Waals surface area contributed by atoms with Crippen LogP contribution in [0.1, 0.15) is 42.9 Å². The van der Waals surface area contributed by atoms with E-state index in [1.54, 1.807) is 13.8 Å². The van der Waals surface area contributed by atoms with E-state index in [2.05, 4.69) is 4.98 Å². The molecule has 0 aliphatic rings. The molecule has 0 amide bonds. The van der Waals surface area contributed by atoms with Gasteiger partial charge in [0.25, 0.3) is 0 Å². The van der Waals surface area contributed by atoms with E-state index in [1.807, 2.05) is 20.8 Å². The monoisotopic (exact) mass is 181 g/mol. The molecule has 1 heterocycles. The van der Waals surface area contributed by atoms with E-state index in [0.29, 0.717) is 17.3 Å². The van der Waals surface area contributed by atoms with Crippen LogP contribution in [-0.2, 0) is 0 Å². The first-order valence-corrected chi connectivity index (χ1v) is 4.31. The summed E-state index contributed by atoms with van der Waals surface area (Å²) in [5.41, 5.74) is 0.272. The molecule has 0 bridgehead atoms. The fourth-order valence-corrected chi connectivity index (χ4v) is 1.08. The lowest BCUT2D eigenvalue weighted by molar-refractivity contribution is 0.0826. The number of carbonyl (C=O) groups excluding carboxylic acids is 1. The summed E-state index contributed by atoms with van der Waals surface area (Å²) in [6.07, 6.45) is 0. The molecular weight excluding hydrogens is 166 g/mol. The van der Waals surface area contributed by atoms with Crippen LogP contribution in [0, 0.1) is 19.3 Å². The Bertz CT molecular complexity index is 331. The van der Waals surface area contributed by atoms with Gasteiger partial charge in [-0.2, -0.15) is 0 Å². The molecule has 1 rings (SSSR count). The number of rotatable bonds is 1. The fraction of sp³-hybridized carbons (Fsp3) is 0.600. The number of ketones is 1. The molecule has 13 heavy (non-hydrogen) atoms. The van der Waals surface area contributed by atoms with Crippen molar-refractivity contribution in [2.75, 3.05) is 0 Å². The Hall–Kier alpha value is -1.12. The third-order valence-electron chi connectivity index (χ3n) is 1.79. The molecule has 0 aromatic carbocycles. The highest BCUT2D eigenvalue weighted by Crippen LogP contribution is 2.23. The fourth-order valence-electron chi connectivity index (χ4n) is 1.08. The first-order chi connectivity index (χ1) is 5.82. The van der Waals surface area contributed by atoms with Crippen molar-refractivity contribution in [3.63, 3.8) is 0 Å². The van der Waals surface area contributed by atoms with Crippen LogP contribution >= 0.6 is 0 Å². The number of oxazole rings is 1. The largest absolute Gasteiger partial charge is 0.438 e. The second-order valence-corrected chi connectivity index (χ2v) is 4.23. The Kier molecular flexibility index (Phi) is 2.28. The van der Waals surface area contributed by atoms with E-state index in [9.17, 15) is 4.79 Å². The van der Waals surface area contributed by atoms with E-state index in [-0.39, 0.29) is 5.78 Å². The van der Waals surface area contributed by atoms with E-state index >= 15 is 0 Å². The van der Waals surface area contributed by atoms with Crippen molar-refractivity contribution in [2.45, 2.75) is 34.6 Å². The lowest BCUT2D eigenvalue weighted by atomic mass is 9.89. The van der Waals surface area contributed by atoms with Gasteiger partial charge >= 0.3 is 0 Å². The molecule has 0 atom stereocenters. The van der Waals surface area contributed by atoms with Crippen LogP contribution in [0.4, 0.5) is 0 Å². The Labute approximate surface area is 78.2 Å². The van der Waals surface area contributed by atoms with E-state index in [1.165, 1.54) is 0 Å². The minimum atomic E-state index is -0.406. The van der Waals surface area contributed by atoms with Crippen LogP contribution in [0.2, 0.25) is 0 Å². The number of aryl methyl sites for hydroxylation is 2. The predicted molar refractivity (Wildman–Crippen MR) is 49.8 cm³/mol. The molecule has 1 aromatic rings. The number of aromatic nitrogens is 1. The predicted octanol–water partition coefficient (Wildman–Crippen LogP) is 2.52. The van der Waals surface area contributed by atoms with Gasteiger partial charge in [-0.05, 0) is 6.92 Å². The summed E-state index contributed by atoms with van der Waals surface area (Å²) < 4.78 is 5.24. The summed E-state index contributed by atoms with van der Waals surface area (Å²) in [5, 5.41) is 0. The summed E-state index contributed by atoms with van der Waals surface area (Å²) in [4.78, 5) is 15.8. The van der Waals surface area contributed by atoms with Gasteiger partial charge in [-0.1, -0.05) is 20.8 Å². The van der Waals surface area contributed by atoms with E-state index < -0.39 is 5.41 Å². The molecule has 0 saturated carbocycles. The van der Waals surface area contributed by atoms with Crippen LogP contribution in [0.15, 0.2) is 4.42 Å². The van der Waals surface area contributed by atoms with Gasteiger partial charge in [-0.3, -0.25) is 4.79 Å². The zero-order valence-corrected chi connectivity index (χ0v) is 8.76. The number of Topliss-reactive ketones (excluding diaryl/α,β-unsaturated/α-hetero) is 1. The highest BCUT2D eigenvalue weighted by Gasteiger charge is 2.27. The van der Waals surface area contributed by atoms with Crippen molar-refractivity contribution in [1.29, 1.82) is 0 Å². The van der Waals surface area contributed by atoms with Crippen molar-refractivity contribution < 1.29 is 9.21 Å². The SMILES string of the molecule is Cc1nc(C)c(C(=O)C(C)(C)C)o1. The summed E-state index contributed by atoms with van der Waals surface area (Å²) in [5.74, 6) is 0.945. The summed E-state index contributed by atoms with van der Waals surface area (Å²) in [7, 11) is 0. The van der Waals surface area contributed by atoms with Crippen LogP contribution < -0.4 is 0 Å². The minimum absolute atomic E-state index is 0.00519. The Balaban J connectivity index is 3.09. The average Bonchev–Trinajstić information content (AvgIpc) is 2.26. The Morgan fingerprint density at radius 2 is 1.85 bits per heavy atom. The summed E-state index contributed by atoms with van der Waals surface area (Å²) in [6, 6.07) is 0. The zero-order chi connectivity index (χ0) is 10.2. The molecule has 0 saturated heterocycles. The Morgan fingerprint density at radius 3 is 2.15 bits per heavy atom. The molecule has 0 unspecified atom stereocenters. The zero-order valence-electron chi connectivity index (χ0n) is 8.76. The maximum absolute atomic E-state index is 11.8. The quantitative estimate of drug-likeness (QED) is 0.625. The lowest BCUT2D eigenvalue weighted by Crippen LogP contribution is -2.20. The Morgan fingerprint density at radius 1 is 1.31 bits per heavy atom. The molecule has 0 aliphatic heterocycles. The molecule has 0 spiro atoms. The standard InChI is InChI=1S/C10H15NO2/c1-6-8(13-7(2)11-6)9(12)10(3,4)5/h1-5H3. The maximum atomic E-state index is 11.8. The molecule has 1 aromatic heterocycles. The molecule has 3 heteroatoms. The van der Waals surface area contributed by atoms with Crippen LogP contribution in [0.3, 0.4) is 0 Å². The molecule has 3 nitrogen and oxygen atoms in total. The van der Waals surface area contributed by atoms with Gasteiger partial charge < -0.3 is 4.42 Å². The van der Waals surface area contributed by atoms with Gasteiger partial charge in [0.15, 0.2) is 11.7 Å². The van der Waals surface area contributed by atoms with Crippen molar-refractivity contribution in [3.05, 3.63) is 17.3 Å². The second-order valence-electron chi connectivity index (χ2n) is 4.23. The van der Waals surface area contributed by atoms with Gasteiger partial charge in [0.1, 0.15) is 0 Å². The molecule has 72 valence electrons. The van der Waals surface area contributed by atoms with Crippen molar-refractivity contribution in [3.8, 4) is 0 Å². The third-order valence-corrected chi connectivity index (χ3v) is 1.79. The average molecular weight is 181 g/mol. The van der Waals surface area contributed by atoms with Gasteiger partial charge in [0, 0.05) is 12.3 Å². The van der Waals surface area contributed by atoms with Crippen molar-refractivity contribution in [1.82, 2.24) is 4.98 Å². The summed E-state index contributed by atoms with van der Waals surface area (Å²) >= 11 is 0. The van der Waals surface area contributed by atoms with Crippen molar-refractivity contribution in [2.24, 2.45) is 5.41 Å². The van der Waals surface area contributed by atoms with E-state index in [4.69, 9.17) is 4.42 Å². The van der Waals surface area contributed by atoms with Gasteiger partial charge in [0.05, 0.1) is 5.69 Å². The van der Waals surface area contributed by atoms with Crippen LogP contribution in [0.5, 0.6) is 0 Å². The number of carbonyl (C=O) groups is 1. The van der Waals surface area contributed by atoms with Crippen molar-refractivity contribution >= 4 is 5.78 Å².